The summed E-state index contributed by atoms with van der Waals surface area (Å²) in [7, 11) is 2.32. The van der Waals surface area contributed by atoms with Gasteiger partial charge in [-0.2, -0.15) is 0 Å². The van der Waals surface area contributed by atoms with Crippen LogP contribution in [0.3, 0.4) is 0 Å². The second-order valence-corrected chi connectivity index (χ2v) is 7.18. The van der Waals surface area contributed by atoms with Crippen LogP contribution in [-0.4, -0.2) is 13.1 Å². The molecule has 19 heavy (non-hydrogen) atoms. The Morgan fingerprint density at radius 1 is 1.05 bits per heavy atom. The molecule has 0 amide bonds. The minimum absolute atomic E-state index is 0.755. The predicted octanol–water partition coefficient (Wildman–Crippen LogP) is 4.35. The smallest absolute Gasteiger partial charge is 0.0401 e. The van der Waals surface area contributed by atoms with Crippen molar-refractivity contribution in [2.45, 2.75) is 53.0 Å². The minimum atomic E-state index is 0.755. The molecular formula is C18H27N. The van der Waals surface area contributed by atoms with Gasteiger partial charge in [-0.15, -0.1) is 0 Å². The lowest BCUT2D eigenvalue weighted by atomic mass is 9.68. The molecule has 4 unspecified atom stereocenters. The van der Waals surface area contributed by atoms with E-state index in [1.165, 1.54) is 36.1 Å². The molecule has 1 fully saturated rings. The van der Waals surface area contributed by atoms with Gasteiger partial charge in [-0.25, -0.2) is 0 Å². The summed E-state index contributed by atoms with van der Waals surface area (Å²) in [5.41, 5.74) is 5.95. The SMILES string of the molecule is Cc1cc2c(cc1C)N(C)C1C(C)CC(C)CC1C2. The number of aryl methyl sites for hydroxylation is 2. The maximum absolute atomic E-state index is 2.59. The Hall–Kier alpha value is -0.980. The first kappa shape index (κ1) is 13.0. The molecular weight excluding hydrogens is 230 g/mol. The second kappa shape index (κ2) is 4.54. The number of hydrogen-bond donors (Lipinski definition) is 0. The molecule has 2 aliphatic rings. The highest BCUT2D eigenvalue weighted by molar-refractivity contribution is 5.60. The predicted molar refractivity (Wildman–Crippen MR) is 82.9 cm³/mol. The van der Waals surface area contributed by atoms with Crippen LogP contribution in [-0.2, 0) is 6.42 Å². The highest BCUT2D eigenvalue weighted by Gasteiger charge is 2.40. The van der Waals surface area contributed by atoms with Crippen LogP contribution in [0.25, 0.3) is 0 Å². The van der Waals surface area contributed by atoms with Crippen molar-refractivity contribution in [1.82, 2.24) is 0 Å². The summed E-state index contributed by atoms with van der Waals surface area (Å²) in [4.78, 5) is 2.59. The van der Waals surface area contributed by atoms with Gasteiger partial charge < -0.3 is 4.90 Å². The van der Waals surface area contributed by atoms with E-state index >= 15 is 0 Å². The lowest BCUT2D eigenvalue weighted by Gasteiger charge is -2.49. The summed E-state index contributed by atoms with van der Waals surface area (Å²) in [6.07, 6.45) is 4.09. The van der Waals surface area contributed by atoms with Crippen LogP contribution < -0.4 is 4.90 Å². The lowest BCUT2D eigenvalue weighted by molar-refractivity contribution is 0.170. The summed E-state index contributed by atoms with van der Waals surface area (Å²) >= 11 is 0. The van der Waals surface area contributed by atoms with E-state index in [1.807, 2.05) is 0 Å². The van der Waals surface area contributed by atoms with Gasteiger partial charge in [-0.05, 0) is 73.6 Å². The average molecular weight is 257 g/mol. The summed E-state index contributed by atoms with van der Waals surface area (Å²) in [5.74, 6) is 2.59. The Bertz CT molecular complexity index is 491. The molecule has 1 heterocycles. The van der Waals surface area contributed by atoms with E-state index < -0.39 is 0 Å². The molecule has 1 saturated carbocycles. The zero-order valence-corrected chi connectivity index (χ0v) is 13.0. The van der Waals surface area contributed by atoms with Crippen molar-refractivity contribution < 1.29 is 0 Å². The van der Waals surface area contributed by atoms with E-state index in [1.54, 1.807) is 5.56 Å². The molecule has 0 saturated heterocycles. The molecule has 0 radical (unpaired) electrons. The Kier molecular flexibility index (Phi) is 3.11. The molecule has 104 valence electrons. The quantitative estimate of drug-likeness (QED) is 0.668. The summed E-state index contributed by atoms with van der Waals surface area (Å²) < 4.78 is 0. The first-order valence-corrected chi connectivity index (χ1v) is 7.80. The van der Waals surface area contributed by atoms with Gasteiger partial charge in [0.2, 0.25) is 0 Å². The van der Waals surface area contributed by atoms with Crippen molar-refractivity contribution in [3.63, 3.8) is 0 Å². The Morgan fingerprint density at radius 2 is 1.74 bits per heavy atom. The monoisotopic (exact) mass is 257 g/mol. The average Bonchev–Trinajstić information content (AvgIpc) is 2.31. The zero-order chi connectivity index (χ0) is 13.7. The fraction of sp³-hybridized carbons (Fsp3) is 0.667. The van der Waals surface area contributed by atoms with Gasteiger partial charge in [-0.3, -0.25) is 0 Å². The lowest BCUT2D eigenvalue weighted by Crippen LogP contribution is -2.50. The van der Waals surface area contributed by atoms with Gasteiger partial charge in [0.1, 0.15) is 0 Å². The summed E-state index contributed by atoms with van der Waals surface area (Å²) in [5, 5.41) is 0. The number of anilines is 1. The third-order valence-corrected chi connectivity index (χ3v) is 5.55. The number of benzene rings is 1. The molecule has 3 rings (SSSR count). The van der Waals surface area contributed by atoms with Crippen LogP contribution in [0.2, 0.25) is 0 Å². The van der Waals surface area contributed by atoms with Crippen molar-refractivity contribution in [1.29, 1.82) is 0 Å². The van der Waals surface area contributed by atoms with E-state index in [2.05, 4.69) is 51.8 Å². The molecule has 1 aliphatic heterocycles. The minimum Gasteiger partial charge on any atom is -0.371 e. The van der Waals surface area contributed by atoms with Crippen LogP contribution in [0.1, 0.15) is 43.4 Å². The number of fused-ring (bicyclic) bond motifs is 2. The van der Waals surface area contributed by atoms with Gasteiger partial charge >= 0.3 is 0 Å². The van der Waals surface area contributed by atoms with Crippen molar-refractivity contribution >= 4 is 5.69 Å². The number of hydrogen-bond acceptors (Lipinski definition) is 1. The fourth-order valence-corrected chi connectivity index (χ4v) is 4.69. The molecule has 1 nitrogen and oxygen atoms in total. The van der Waals surface area contributed by atoms with Gasteiger partial charge in [0.25, 0.3) is 0 Å². The maximum atomic E-state index is 2.59. The number of rotatable bonds is 0. The maximum Gasteiger partial charge on any atom is 0.0401 e. The highest BCUT2D eigenvalue weighted by Crippen LogP contribution is 2.44. The zero-order valence-electron chi connectivity index (χ0n) is 13.0. The van der Waals surface area contributed by atoms with Crippen LogP contribution in [0.4, 0.5) is 5.69 Å². The Balaban J connectivity index is 2.02. The first-order valence-electron chi connectivity index (χ1n) is 7.80. The molecule has 0 N–H and O–H groups in total. The first-order chi connectivity index (χ1) is 8.97. The topological polar surface area (TPSA) is 3.24 Å². The Morgan fingerprint density at radius 3 is 2.47 bits per heavy atom. The third-order valence-electron chi connectivity index (χ3n) is 5.55. The largest absolute Gasteiger partial charge is 0.371 e. The highest BCUT2D eigenvalue weighted by atomic mass is 15.2. The van der Waals surface area contributed by atoms with Crippen LogP contribution in [0, 0.1) is 31.6 Å². The van der Waals surface area contributed by atoms with E-state index in [9.17, 15) is 0 Å². The van der Waals surface area contributed by atoms with Crippen molar-refractivity contribution in [2.75, 3.05) is 11.9 Å². The number of nitrogens with zero attached hydrogens (tertiary/aromatic N) is 1. The fourth-order valence-electron chi connectivity index (χ4n) is 4.69. The molecule has 0 bridgehead atoms. The normalized spacial score (nSPS) is 33.8. The third kappa shape index (κ3) is 2.07. The summed E-state index contributed by atoms with van der Waals surface area (Å²) in [6, 6.07) is 5.60. The van der Waals surface area contributed by atoms with Gasteiger partial charge in [0.15, 0.2) is 0 Å². The van der Waals surface area contributed by atoms with Crippen molar-refractivity contribution in [2.24, 2.45) is 17.8 Å². The van der Waals surface area contributed by atoms with Gasteiger partial charge in [0, 0.05) is 18.8 Å². The second-order valence-electron chi connectivity index (χ2n) is 7.18. The van der Waals surface area contributed by atoms with E-state index in [0.717, 1.165) is 23.8 Å². The van der Waals surface area contributed by atoms with Crippen molar-refractivity contribution in [3.05, 3.63) is 28.8 Å². The molecule has 1 heteroatoms. The van der Waals surface area contributed by atoms with E-state index in [-0.39, 0.29) is 0 Å². The van der Waals surface area contributed by atoms with Crippen LogP contribution in [0.15, 0.2) is 12.1 Å². The standard InChI is InChI=1S/C18H27N/c1-11-6-14(4)18-16(7-11)10-15-8-12(2)13(3)9-17(15)19(18)5/h8-9,11,14,16,18H,6-7,10H2,1-5H3. The van der Waals surface area contributed by atoms with E-state index in [0.29, 0.717) is 0 Å². The van der Waals surface area contributed by atoms with Crippen LogP contribution >= 0.6 is 0 Å². The van der Waals surface area contributed by atoms with Gasteiger partial charge in [0.05, 0.1) is 0 Å². The van der Waals surface area contributed by atoms with Crippen molar-refractivity contribution in [3.8, 4) is 0 Å². The van der Waals surface area contributed by atoms with Gasteiger partial charge in [-0.1, -0.05) is 19.9 Å². The molecule has 4 atom stereocenters. The van der Waals surface area contributed by atoms with E-state index in [4.69, 9.17) is 0 Å². The molecule has 0 spiro atoms. The molecule has 0 aromatic heterocycles. The molecule has 1 aliphatic carbocycles. The summed E-state index contributed by atoms with van der Waals surface area (Å²) in [6.45, 7) is 9.37. The Labute approximate surface area is 118 Å². The van der Waals surface area contributed by atoms with Crippen LogP contribution in [0.5, 0.6) is 0 Å². The molecule has 1 aromatic carbocycles. The molecule has 1 aromatic rings.